The molecule has 0 aliphatic carbocycles. The van der Waals surface area contributed by atoms with Gasteiger partial charge in [-0.15, -0.1) is 0 Å². The fraction of sp³-hybridized carbons (Fsp3) is 0.364. The third-order valence-corrected chi connectivity index (χ3v) is 3.10. The van der Waals surface area contributed by atoms with Gasteiger partial charge in [0.15, 0.2) is 0 Å². The zero-order valence-electron chi connectivity index (χ0n) is 10.1. The van der Waals surface area contributed by atoms with Crippen LogP contribution in [0.2, 0.25) is 0 Å². The molecule has 0 unspecified atom stereocenters. The summed E-state index contributed by atoms with van der Waals surface area (Å²) in [4.78, 5) is 24.0. The molecule has 98 valence electrons. The summed E-state index contributed by atoms with van der Waals surface area (Å²) in [6, 6.07) is 4.38. The average molecular weight is 316 g/mol. The first-order valence-electron chi connectivity index (χ1n) is 5.29. The molecular weight excluding hydrogens is 302 g/mol. The number of hydrogen-bond donors (Lipinski definition) is 1. The summed E-state index contributed by atoms with van der Waals surface area (Å²) in [6.07, 6.45) is 0. The van der Waals surface area contributed by atoms with Crippen LogP contribution < -0.4 is 5.32 Å². The molecule has 0 aliphatic heterocycles. The summed E-state index contributed by atoms with van der Waals surface area (Å²) >= 11 is 3.09. The molecule has 0 aliphatic rings. The van der Waals surface area contributed by atoms with E-state index in [1.165, 1.54) is 12.1 Å². The van der Waals surface area contributed by atoms with Gasteiger partial charge in [-0.05, 0) is 36.1 Å². The van der Waals surface area contributed by atoms with Crippen molar-refractivity contribution in [2.75, 3.05) is 27.2 Å². The number of nitrogens with one attached hydrogen (secondary N) is 1. The van der Waals surface area contributed by atoms with Gasteiger partial charge in [-0.3, -0.25) is 14.9 Å². The van der Waals surface area contributed by atoms with Crippen LogP contribution in [0.4, 0.5) is 5.69 Å². The number of halogens is 1. The molecule has 1 amide bonds. The highest BCUT2D eigenvalue weighted by atomic mass is 79.9. The molecule has 1 N–H and O–H groups in total. The van der Waals surface area contributed by atoms with E-state index >= 15 is 0 Å². The van der Waals surface area contributed by atoms with Crippen LogP contribution in [0.5, 0.6) is 0 Å². The molecule has 0 atom stereocenters. The van der Waals surface area contributed by atoms with Crippen molar-refractivity contribution in [3.8, 4) is 0 Å². The minimum Gasteiger partial charge on any atom is -0.351 e. The normalized spacial score (nSPS) is 10.4. The van der Waals surface area contributed by atoms with Crippen molar-refractivity contribution in [3.05, 3.63) is 38.3 Å². The van der Waals surface area contributed by atoms with E-state index in [4.69, 9.17) is 0 Å². The summed E-state index contributed by atoms with van der Waals surface area (Å²) in [7, 11) is 3.80. The van der Waals surface area contributed by atoms with E-state index in [0.29, 0.717) is 13.1 Å². The Morgan fingerprint density at radius 1 is 1.50 bits per heavy atom. The Morgan fingerprint density at radius 2 is 2.17 bits per heavy atom. The van der Waals surface area contributed by atoms with Crippen LogP contribution >= 0.6 is 15.9 Å². The van der Waals surface area contributed by atoms with Gasteiger partial charge >= 0.3 is 0 Å². The third kappa shape index (κ3) is 3.78. The van der Waals surface area contributed by atoms with E-state index in [9.17, 15) is 14.9 Å². The molecule has 0 spiro atoms. The van der Waals surface area contributed by atoms with Crippen molar-refractivity contribution in [3.63, 3.8) is 0 Å². The SMILES string of the molecule is CN(C)CCNC(=O)c1cccc([N+](=O)[O-])c1Br. The molecule has 1 aromatic rings. The Hall–Kier alpha value is -1.47. The largest absolute Gasteiger partial charge is 0.351 e. The molecule has 0 saturated heterocycles. The summed E-state index contributed by atoms with van der Waals surface area (Å²) in [5, 5.41) is 13.4. The van der Waals surface area contributed by atoms with Crippen LogP contribution in [-0.4, -0.2) is 42.9 Å². The van der Waals surface area contributed by atoms with E-state index < -0.39 is 4.92 Å². The first-order chi connectivity index (χ1) is 8.43. The van der Waals surface area contributed by atoms with Crippen LogP contribution in [0.3, 0.4) is 0 Å². The van der Waals surface area contributed by atoms with Crippen LogP contribution in [0.15, 0.2) is 22.7 Å². The monoisotopic (exact) mass is 315 g/mol. The van der Waals surface area contributed by atoms with Crippen LogP contribution in [0, 0.1) is 10.1 Å². The van der Waals surface area contributed by atoms with E-state index in [1.807, 2.05) is 19.0 Å². The maximum absolute atomic E-state index is 11.8. The Balaban J connectivity index is 2.80. The van der Waals surface area contributed by atoms with Gasteiger partial charge < -0.3 is 10.2 Å². The zero-order valence-corrected chi connectivity index (χ0v) is 11.7. The first-order valence-corrected chi connectivity index (χ1v) is 6.08. The molecular formula is C11H14BrN3O3. The topological polar surface area (TPSA) is 75.5 Å². The van der Waals surface area contributed by atoms with Gasteiger partial charge in [0.1, 0.15) is 4.47 Å². The molecule has 0 saturated carbocycles. The second-order valence-corrected chi connectivity index (χ2v) is 4.75. The summed E-state index contributed by atoms with van der Waals surface area (Å²) < 4.78 is 0.206. The fourth-order valence-corrected chi connectivity index (χ4v) is 1.91. The molecule has 1 rings (SSSR count). The van der Waals surface area contributed by atoms with Crippen molar-refractivity contribution < 1.29 is 9.72 Å². The minimum atomic E-state index is -0.527. The molecule has 1 aromatic carbocycles. The predicted octanol–water partition coefficient (Wildman–Crippen LogP) is 1.65. The lowest BCUT2D eigenvalue weighted by molar-refractivity contribution is -0.385. The summed E-state index contributed by atoms with van der Waals surface area (Å²) in [5.74, 6) is -0.326. The molecule has 18 heavy (non-hydrogen) atoms. The molecule has 0 aromatic heterocycles. The van der Waals surface area contributed by atoms with Crippen molar-refractivity contribution in [1.82, 2.24) is 10.2 Å². The summed E-state index contributed by atoms with van der Waals surface area (Å²) in [6.45, 7) is 1.19. The Bertz CT molecular complexity index is 463. The fourth-order valence-electron chi connectivity index (χ4n) is 1.32. The van der Waals surface area contributed by atoms with Gasteiger partial charge in [-0.1, -0.05) is 6.07 Å². The molecule has 6 nitrogen and oxygen atoms in total. The lowest BCUT2D eigenvalue weighted by Crippen LogP contribution is -2.31. The van der Waals surface area contributed by atoms with Crippen LogP contribution in [-0.2, 0) is 0 Å². The molecule has 0 fully saturated rings. The molecule has 0 bridgehead atoms. The minimum absolute atomic E-state index is 0.116. The maximum atomic E-state index is 11.8. The number of nitro groups is 1. The number of carbonyl (C=O) groups is 1. The predicted molar refractivity (Wildman–Crippen MR) is 71.7 cm³/mol. The summed E-state index contributed by atoms with van der Waals surface area (Å²) in [5.41, 5.74) is 0.151. The van der Waals surface area contributed by atoms with Gasteiger partial charge in [0.25, 0.3) is 11.6 Å². The van der Waals surface area contributed by atoms with Gasteiger partial charge in [0.05, 0.1) is 10.5 Å². The number of benzene rings is 1. The lowest BCUT2D eigenvalue weighted by Gasteiger charge is -2.11. The smallest absolute Gasteiger partial charge is 0.284 e. The quantitative estimate of drug-likeness (QED) is 0.662. The van der Waals surface area contributed by atoms with Crippen molar-refractivity contribution in [2.24, 2.45) is 0 Å². The molecule has 0 radical (unpaired) electrons. The number of rotatable bonds is 5. The second-order valence-electron chi connectivity index (χ2n) is 3.95. The number of nitrogens with zero attached hydrogens (tertiary/aromatic N) is 2. The van der Waals surface area contributed by atoms with Crippen molar-refractivity contribution in [2.45, 2.75) is 0 Å². The van der Waals surface area contributed by atoms with Crippen molar-refractivity contribution in [1.29, 1.82) is 0 Å². The maximum Gasteiger partial charge on any atom is 0.284 e. The second kappa shape index (κ2) is 6.46. The van der Waals surface area contributed by atoms with E-state index in [-0.39, 0.29) is 21.6 Å². The highest BCUT2D eigenvalue weighted by molar-refractivity contribution is 9.10. The van der Waals surface area contributed by atoms with Gasteiger partial charge in [0.2, 0.25) is 0 Å². The van der Waals surface area contributed by atoms with Crippen LogP contribution in [0.25, 0.3) is 0 Å². The highest BCUT2D eigenvalue weighted by Crippen LogP contribution is 2.27. The third-order valence-electron chi connectivity index (χ3n) is 2.26. The number of likely N-dealkylation sites (N-methyl/N-ethyl adjacent to an activating group) is 1. The highest BCUT2D eigenvalue weighted by Gasteiger charge is 2.18. The van der Waals surface area contributed by atoms with Crippen LogP contribution in [0.1, 0.15) is 10.4 Å². The number of amides is 1. The number of carbonyl (C=O) groups excluding carboxylic acids is 1. The number of hydrogen-bond acceptors (Lipinski definition) is 4. The Labute approximate surface area is 113 Å². The van der Waals surface area contributed by atoms with Gasteiger partial charge in [-0.25, -0.2) is 0 Å². The molecule has 0 heterocycles. The van der Waals surface area contributed by atoms with Crippen molar-refractivity contribution >= 4 is 27.5 Å². The average Bonchev–Trinajstić information content (AvgIpc) is 2.28. The van der Waals surface area contributed by atoms with E-state index in [2.05, 4.69) is 21.2 Å². The number of nitro benzene ring substituents is 1. The zero-order chi connectivity index (χ0) is 13.7. The van der Waals surface area contributed by atoms with Gasteiger partial charge in [-0.2, -0.15) is 0 Å². The Morgan fingerprint density at radius 3 is 2.72 bits per heavy atom. The van der Waals surface area contributed by atoms with Gasteiger partial charge in [0, 0.05) is 19.2 Å². The first kappa shape index (κ1) is 14.6. The van der Waals surface area contributed by atoms with E-state index in [0.717, 1.165) is 0 Å². The standard InChI is InChI=1S/C11H14BrN3O3/c1-14(2)7-6-13-11(16)8-4-3-5-9(10(8)12)15(17)18/h3-5H,6-7H2,1-2H3,(H,13,16). The molecule has 7 heteroatoms. The lowest BCUT2D eigenvalue weighted by atomic mass is 10.2. The Kier molecular flexibility index (Phi) is 5.24. The van der Waals surface area contributed by atoms with E-state index in [1.54, 1.807) is 6.07 Å².